The molecule has 0 unspecified atom stereocenters. The van der Waals surface area contributed by atoms with Gasteiger partial charge in [0, 0.05) is 29.5 Å². The van der Waals surface area contributed by atoms with Gasteiger partial charge in [-0.1, -0.05) is 28.1 Å². The Balaban J connectivity index is 2.17. The first-order valence-electron chi connectivity index (χ1n) is 5.32. The highest BCUT2D eigenvalue weighted by Crippen LogP contribution is 2.14. The SMILES string of the molecule is CNCc1cccn1Cc1cccc(Br)c1. The lowest BCUT2D eigenvalue weighted by molar-refractivity contribution is 0.694. The first kappa shape index (κ1) is 11.4. The largest absolute Gasteiger partial charge is 0.346 e. The van der Waals surface area contributed by atoms with Crippen LogP contribution in [0.5, 0.6) is 0 Å². The van der Waals surface area contributed by atoms with Crippen LogP contribution in [-0.4, -0.2) is 11.6 Å². The maximum atomic E-state index is 3.49. The molecule has 0 radical (unpaired) electrons. The molecule has 0 aliphatic heterocycles. The quantitative estimate of drug-likeness (QED) is 0.910. The number of hydrogen-bond donors (Lipinski definition) is 1. The zero-order valence-electron chi connectivity index (χ0n) is 9.28. The number of aromatic nitrogens is 1. The van der Waals surface area contributed by atoms with Crippen LogP contribution in [0.4, 0.5) is 0 Å². The molecule has 0 aliphatic rings. The predicted octanol–water partition coefficient (Wildman–Crippen LogP) is 3.02. The van der Waals surface area contributed by atoms with Crippen LogP contribution >= 0.6 is 15.9 Å². The van der Waals surface area contributed by atoms with Crippen LogP contribution in [0.3, 0.4) is 0 Å². The van der Waals surface area contributed by atoms with Crippen LogP contribution in [0.15, 0.2) is 47.1 Å². The normalized spacial score (nSPS) is 10.6. The molecule has 2 rings (SSSR count). The van der Waals surface area contributed by atoms with Crippen LogP contribution in [-0.2, 0) is 13.1 Å². The van der Waals surface area contributed by atoms with E-state index in [9.17, 15) is 0 Å². The van der Waals surface area contributed by atoms with E-state index >= 15 is 0 Å². The lowest BCUT2D eigenvalue weighted by Gasteiger charge is -2.09. The molecule has 0 aliphatic carbocycles. The molecule has 0 fully saturated rings. The molecule has 0 amide bonds. The first-order chi connectivity index (χ1) is 7.79. The Morgan fingerprint density at radius 3 is 2.88 bits per heavy atom. The number of halogens is 1. The molecule has 0 saturated heterocycles. The molecule has 16 heavy (non-hydrogen) atoms. The lowest BCUT2D eigenvalue weighted by atomic mass is 10.2. The summed E-state index contributed by atoms with van der Waals surface area (Å²) in [5.41, 5.74) is 2.62. The fourth-order valence-corrected chi connectivity index (χ4v) is 2.22. The van der Waals surface area contributed by atoms with Crippen LogP contribution in [0.25, 0.3) is 0 Å². The van der Waals surface area contributed by atoms with E-state index in [4.69, 9.17) is 0 Å². The lowest BCUT2D eigenvalue weighted by Crippen LogP contribution is -2.11. The molecule has 84 valence electrons. The summed E-state index contributed by atoms with van der Waals surface area (Å²) >= 11 is 3.49. The van der Waals surface area contributed by atoms with Crippen molar-refractivity contribution in [2.75, 3.05) is 7.05 Å². The fourth-order valence-electron chi connectivity index (χ4n) is 1.78. The van der Waals surface area contributed by atoms with Gasteiger partial charge in [0.2, 0.25) is 0 Å². The molecule has 1 heterocycles. The van der Waals surface area contributed by atoms with Gasteiger partial charge in [-0.2, -0.15) is 0 Å². The smallest absolute Gasteiger partial charge is 0.0473 e. The third-order valence-corrected chi connectivity index (χ3v) is 3.02. The number of benzene rings is 1. The van der Waals surface area contributed by atoms with Crippen molar-refractivity contribution in [1.82, 2.24) is 9.88 Å². The van der Waals surface area contributed by atoms with E-state index in [0.29, 0.717) is 0 Å². The van der Waals surface area contributed by atoms with E-state index in [1.807, 2.05) is 13.1 Å². The summed E-state index contributed by atoms with van der Waals surface area (Å²) < 4.78 is 3.39. The molecule has 2 nitrogen and oxygen atoms in total. The molecule has 1 aromatic heterocycles. The maximum absolute atomic E-state index is 3.49. The third-order valence-electron chi connectivity index (χ3n) is 2.52. The molecule has 0 spiro atoms. The van der Waals surface area contributed by atoms with E-state index in [2.05, 4.69) is 62.3 Å². The minimum absolute atomic E-state index is 0.904. The Labute approximate surface area is 104 Å². The van der Waals surface area contributed by atoms with Crippen molar-refractivity contribution >= 4 is 15.9 Å². The molecular weight excluding hydrogens is 264 g/mol. The summed E-state index contributed by atoms with van der Waals surface area (Å²) in [6.07, 6.45) is 2.12. The summed E-state index contributed by atoms with van der Waals surface area (Å²) in [4.78, 5) is 0. The van der Waals surface area contributed by atoms with Crippen molar-refractivity contribution in [2.45, 2.75) is 13.1 Å². The molecule has 0 bridgehead atoms. The van der Waals surface area contributed by atoms with E-state index < -0.39 is 0 Å². The van der Waals surface area contributed by atoms with E-state index in [0.717, 1.165) is 17.6 Å². The molecule has 3 heteroatoms. The summed E-state index contributed by atoms with van der Waals surface area (Å²) in [5, 5.41) is 3.18. The zero-order chi connectivity index (χ0) is 11.4. The van der Waals surface area contributed by atoms with Gasteiger partial charge < -0.3 is 9.88 Å². The number of hydrogen-bond acceptors (Lipinski definition) is 1. The minimum Gasteiger partial charge on any atom is -0.346 e. The Hall–Kier alpha value is -1.06. The van der Waals surface area contributed by atoms with Gasteiger partial charge in [0.15, 0.2) is 0 Å². The second-order valence-electron chi connectivity index (χ2n) is 3.79. The Morgan fingerprint density at radius 1 is 1.25 bits per heavy atom. The molecule has 0 saturated carbocycles. The fraction of sp³-hybridized carbons (Fsp3) is 0.231. The summed E-state index contributed by atoms with van der Waals surface area (Å²) in [6.45, 7) is 1.82. The minimum atomic E-state index is 0.904. The summed E-state index contributed by atoms with van der Waals surface area (Å²) in [7, 11) is 1.97. The van der Waals surface area contributed by atoms with Gasteiger partial charge in [0.1, 0.15) is 0 Å². The average molecular weight is 279 g/mol. The van der Waals surface area contributed by atoms with Crippen molar-refractivity contribution in [3.63, 3.8) is 0 Å². The molecule has 0 atom stereocenters. The number of rotatable bonds is 4. The molecule has 1 N–H and O–H groups in total. The van der Waals surface area contributed by atoms with Crippen molar-refractivity contribution in [3.05, 3.63) is 58.3 Å². The topological polar surface area (TPSA) is 17.0 Å². The number of nitrogens with zero attached hydrogens (tertiary/aromatic N) is 1. The maximum Gasteiger partial charge on any atom is 0.0473 e. The van der Waals surface area contributed by atoms with Gasteiger partial charge in [-0.25, -0.2) is 0 Å². The number of nitrogens with one attached hydrogen (secondary N) is 1. The van der Waals surface area contributed by atoms with Gasteiger partial charge in [0.25, 0.3) is 0 Å². The van der Waals surface area contributed by atoms with Crippen molar-refractivity contribution in [3.8, 4) is 0 Å². The molecule has 1 aromatic carbocycles. The van der Waals surface area contributed by atoms with Gasteiger partial charge in [-0.3, -0.25) is 0 Å². The average Bonchev–Trinajstić information content (AvgIpc) is 2.66. The van der Waals surface area contributed by atoms with Gasteiger partial charge in [-0.15, -0.1) is 0 Å². The highest BCUT2D eigenvalue weighted by Gasteiger charge is 2.01. The van der Waals surface area contributed by atoms with Crippen LogP contribution < -0.4 is 5.32 Å². The highest BCUT2D eigenvalue weighted by molar-refractivity contribution is 9.10. The van der Waals surface area contributed by atoms with Crippen LogP contribution in [0.1, 0.15) is 11.3 Å². The summed E-state index contributed by atoms with van der Waals surface area (Å²) in [6, 6.07) is 12.7. The first-order valence-corrected chi connectivity index (χ1v) is 6.12. The van der Waals surface area contributed by atoms with Crippen LogP contribution in [0.2, 0.25) is 0 Å². The predicted molar refractivity (Wildman–Crippen MR) is 70.4 cm³/mol. The standard InChI is InChI=1S/C13H15BrN2/c1-15-9-13-6-3-7-16(13)10-11-4-2-5-12(14)8-11/h2-8,15H,9-10H2,1H3. The van der Waals surface area contributed by atoms with Crippen molar-refractivity contribution in [1.29, 1.82) is 0 Å². The molecule has 2 aromatic rings. The monoisotopic (exact) mass is 278 g/mol. The Bertz CT molecular complexity index is 462. The van der Waals surface area contributed by atoms with Crippen molar-refractivity contribution < 1.29 is 0 Å². The van der Waals surface area contributed by atoms with E-state index in [1.165, 1.54) is 11.3 Å². The van der Waals surface area contributed by atoms with Gasteiger partial charge >= 0.3 is 0 Å². The van der Waals surface area contributed by atoms with Gasteiger partial charge in [-0.05, 0) is 36.9 Å². The third kappa shape index (κ3) is 2.74. The van der Waals surface area contributed by atoms with E-state index in [1.54, 1.807) is 0 Å². The van der Waals surface area contributed by atoms with E-state index in [-0.39, 0.29) is 0 Å². The highest BCUT2D eigenvalue weighted by atomic mass is 79.9. The summed E-state index contributed by atoms with van der Waals surface area (Å²) in [5.74, 6) is 0. The van der Waals surface area contributed by atoms with Gasteiger partial charge in [0.05, 0.1) is 0 Å². The second-order valence-corrected chi connectivity index (χ2v) is 4.70. The second kappa shape index (κ2) is 5.32. The molecular formula is C13H15BrN2. The van der Waals surface area contributed by atoms with Crippen LogP contribution in [0, 0.1) is 0 Å². The Morgan fingerprint density at radius 2 is 2.12 bits per heavy atom. The Kier molecular flexibility index (Phi) is 3.80. The zero-order valence-corrected chi connectivity index (χ0v) is 10.9. The van der Waals surface area contributed by atoms with Crippen molar-refractivity contribution in [2.24, 2.45) is 0 Å².